The van der Waals surface area contributed by atoms with Crippen LogP contribution in [0.5, 0.6) is 0 Å². The van der Waals surface area contributed by atoms with E-state index in [9.17, 15) is 31.1 Å². The van der Waals surface area contributed by atoms with E-state index >= 15 is 0 Å². The van der Waals surface area contributed by atoms with E-state index in [4.69, 9.17) is 0 Å². The second-order valence-electron chi connectivity index (χ2n) is 1.59. The number of carbonyl (C=O) groups excluding carboxylic acids is 1. The molecule has 0 aliphatic heterocycles. The van der Waals surface area contributed by atoms with Crippen LogP contribution in [0.4, 0.5) is 26.3 Å². The monoisotopic (exact) mass is 196 g/mol. The molecule has 1 unspecified atom stereocenters. The highest BCUT2D eigenvalue weighted by Crippen LogP contribution is 2.19. The molecule has 0 saturated carbocycles. The van der Waals surface area contributed by atoms with Crippen molar-refractivity contribution in [2.45, 2.75) is 19.0 Å². The first-order chi connectivity index (χ1) is 5.25. The van der Waals surface area contributed by atoms with Crippen molar-refractivity contribution in [3.63, 3.8) is 0 Å². The molecule has 0 aromatic heterocycles. The molecule has 0 aliphatic rings. The van der Waals surface area contributed by atoms with Gasteiger partial charge in [0.1, 0.15) is 0 Å². The third-order valence-corrected chi connectivity index (χ3v) is 0.649. The molecule has 0 amide bonds. The quantitative estimate of drug-likeness (QED) is 0.495. The summed E-state index contributed by atoms with van der Waals surface area (Å²) in [6.07, 6.45) is -12.8. The van der Waals surface area contributed by atoms with Crippen LogP contribution in [0.3, 0.4) is 0 Å². The first kappa shape index (κ1) is 11.0. The standard InChI is InChI=1S/C4H2F6O2/c5-1(6)2(7)12-3(11)4(8,9)10/h1-2H. The van der Waals surface area contributed by atoms with E-state index in [1.54, 1.807) is 0 Å². The predicted molar refractivity (Wildman–Crippen MR) is 23.0 cm³/mol. The Labute approximate surface area is 62.1 Å². The first-order valence-corrected chi connectivity index (χ1v) is 2.45. The SMILES string of the molecule is O=C(OC(F)C(F)F)C(F)(F)F. The van der Waals surface area contributed by atoms with Gasteiger partial charge in [0.2, 0.25) is 0 Å². The maximum absolute atomic E-state index is 11.6. The molecule has 0 rings (SSSR count). The lowest BCUT2D eigenvalue weighted by Crippen LogP contribution is -2.31. The summed E-state index contributed by atoms with van der Waals surface area (Å²) >= 11 is 0. The van der Waals surface area contributed by atoms with Gasteiger partial charge >= 0.3 is 24.9 Å². The second-order valence-corrected chi connectivity index (χ2v) is 1.59. The summed E-state index contributed by atoms with van der Waals surface area (Å²) < 4.78 is 70.2. The summed E-state index contributed by atoms with van der Waals surface area (Å²) in [7, 11) is 0. The minimum Gasteiger partial charge on any atom is -0.418 e. The summed E-state index contributed by atoms with van der Waals surface area (Å²) in [5.41, 5.74) is 0. The smallest absolute Gasteiger partial charge is 0.418 e. The Morgan fingerprint density at radius 1 is 1.17 bits per heavy atom. The van der Waals surface area contributed by atoms with E-state index in [2.05, 4.69) is 4.74 Å². The van der Waals surface area contributed by atoms with E-state index in [0.717, 1.165) is 0 Å². The van der Waals surface area contributed by atoms with Crippen LogP contribution in [-0.2, 0) is 9.53 Å². The van der Waals surface area contributed by atoms with Crippen molar-refractivity contribution >= 4 is 5.97 Å². The molecule has 0 aromatic carbocycles. The Kier molecular flexibility index (Phi) is 3.35. The number of carbonyl (C=O) groups is 1. The number of alkyl halides is 6. The van der Waals surface area contributed by atoms with Crippen LogP contribution in [0, 0.1) is 0 Å². The maximum atomic E-state index is 11.6. The van der Waals surface area contributed by atoms with Crippen LogP contribution in [0.2, 0.25) is 0 Å². The van der Waals surface area contributed by atoms with Crippen LogP contribution in [-0.4, -0.2) is 24.9 Å². The van der Waals surface area contributed by atoms with Crippen LogP contribution in [0.25, 0.3) is 0 Å². The summed E-state index contributed by atoms with van der Waals surface area (Å²) in [4.78, 5) is 9.66. The van der Waals surface area contributed by atoms with E-state index in [0.29, 0.717) is 0 Å². The van der Waals surface area contributed by atoms with E-state index in [1.165, 1.54) is 0 Å². The van der Waals surface area contributed by atoms with E-state index < -0.39 is 24.9 Å². The van der Waals surface area contributed by atoms with Gasteiger partial charge in [-0.2, -0.15) is 17.6 Å². The van der Waals surface area contributed by atoms with Crippen molar-refractivity contribution in [3.8, 4) is 0 Å². The van der Waals surface area contributed by atoms with Crippen molar-refractivity contribution in [2.24, 2.45) is 0 Å². The van der Waals surface area contributed by atoms with Crippen molar-refractivity contribution in [1.29, 1.82) is 0 Å². The van der Waals surface area contributed by atoms with Gasteiger partial charge in [0.15, 0.2) is 0 Å². The van der Waals surface area contributed by atoms with Gasteiger partial charge in [0, 0.05) is 0 Å². The fourth-order valence-electron chi connectivity index (χ4n) is 0.221. The number of hydrogen-bond donors (Lipinski definition) is 0. The van der Waals surface area contributed by atoms with Gasteiger partial charge in [0.25, 0.3) is 0 Å². The van der Waals surface area contributed by atoms with Gasteiger partial charge in [0.05, 0.1) is 0 Å². The van der Waals surface area contributed by atoms with Gasteiger partial charge in [-0.05, 0) is 0 Å². The van der Waals surface area contributed by atoms with Crippen LogP contribution in [0.1, 0.15) is 0 Å². The van der Waals surface area contributed by atoms with E-state index in [-0.39, 0.29) is 0 Å². The molecule has 0 fully saturated rings. The lowest BCUT2D eigenvalue weighted by Gasteiger charge is -2.09. The molecule has 0 aromatic rings. The van der Waals surface area contributed by atoms with Crippen molar-refractivity contribution in [2.75, 3.05) is 0 Å². The molecule has 8 heteroatoms. The maximum Gasteiger partial charge on any atom is 0.491 e. The lowest BCUT2D eigenvalue weighted by atomic mass is 10.6. The summed E-state index contributed by atoms with van der Waals surface area (Å²) in [6.45, 7) is 0. The normalized spacial score (nSPS) is 14.6. The fraction of sp³-hybridized carbons (Fsp3) is 0.750. The van der Waals surface area contributed by atoms with Crippen molar-refractivity contribution in [1.82, 2.24) is 0 Å². The number of hydrogen-bond acceptors (Lipinski definition) is 2. The molecular weight excluding hydrogens is 194 g/mol. The molecule has 12 heavy (non-hydrogen) atoms. The minimum absolute atomic E-state index is 2.70. The second kappa shape index (κ2) is 3.63. The molecule has 0 radical (unpaired) electrons. The molecule has 0 bridgehead atoms. The molecule has 0 N–H and O–H groups in total. The van der Waals surface area contributed by atoms with Crippen molar-refractivity contribution in [3.05, 3.63) is 0 Å². The molecule has 2 nitrogen and oxygen atoms in total. The minimum atomic E-state index is -5.46. The Hall–Kier alpha value is -0.950. The topological polar surface area (TPSA) is 26.3 Å². The highest BCUT2D eigenvalue weighted by molar-refractivity contribution is 5.75. The van der Waals surface area contributed by atoms with Crippen LogP contribution < -0.4 is 0 Å². The number of ether oxygens (including phenoxy) is 1. The third-order valence-electron chi connectivity index (χ3n) is 0.649. The molecule has 1 atom stereocenters. The summed E-state index contributed by atoms with van der Waals surface area (Å²) in [5, 5.41) is 0. The van der Waals surface area contributed by atoms with Crippen molar-refractivity contribution < 1.29 is 35.9 Å². The van der Waals surface area contributed by atoms with E-state index in [1.807, 2.05) is 0 Å². The average molecular weight is 196 g/mol. The Bertz CT molecular complexity index is 163. The molecule has 0 aliphatic carbocycles. The zero-order chi connectivity index (χ0) is 9.94. The number of esters is 1. The third kappa shape index (κ3) is 3.44. The Balaban J connectivity index is 4.02. The lowest BCUT2D eigenvalue weighted by molar-refractivity contribution is -0.222. The summed E-state index contributed by atoms with van der Waals surface area (Å²) in [6, 6.07) is 0. The molecular formula is C4H2F6O2. The Morgan fingerprint density at radius 3 is 1.83 bits per heavy atom. The predicted octanol–water partition coefficient (Wildman–Crippen LogP) is 1.65. The molecule has 0 saturated heterocycles. The van der Waals surface area contributed by atoms with Gasteiger partial charge in [-0.1, -0.05) is 0 Å². The number of halogens is 6. The highest BCUT2D eigenvalue weighted by atomic mass is 19.4. The van der Waals surface area contributed by atoms with Gasteiger partial charge < -0.3 is 4.74 Å². The number of rotatable bonds is 2. The van der Waals surface area contributed by atoms with Gasteiger partial charge in [-0.3, -0.25) is 0 Å². The molecule has 0 heterocycles. The fourth-order valence-corrected chi connectivity index (χ4v) is 0.221. The zero-order valence-corrected chi connectivity index (χ0v) is 5.24. The average Bonchev–Trinajstić information content (AvgIpc) is 1.85. The van der Waals surface area contributed by atoms with Gasteiger partial charge in [-0.15, -0.1) is 0 Å². The Morgan fingerprint density at radius 2 is 1.58 bits per heavy atom. The molecule has 72 valence electrons. The molecule has 0 spiro atoms. The van der Waals surface area contributed by atoms with Crippen LogP contribution in [0.15, 0.2) is 0 Å². The van der Waals surface area contributed by atoms with Gasteiger partial charge in [-0.25, -0.2) is 13.6 Å². The zero-order valence-electron chi connectivity index (χ0n) is 5.24. The first-order valence-electron chi connectivity index (χ1n) is 2.45. The summed E-state index contributed by atoms with van der Waals surface area (Å²) in [5.74, 6) is -2.98. The van der Waals surface area contributed by atoms with Crippen LogP contribution >= 0.6 is 0 Å². The highest BCUT2D eigenvalue weighted by Gasteiger charge is 2.43. The largest absolute Gasteiger partial charge is 0.491 e.